The normalized spacial score (nSPS) is 13.9. The van der Waals surface area contributed by atoms with Crippen molar-refractivity contribution >= 4 is 75.8 Å². The molecule has 7 nitrogen and oxygen atoms in total. The van der Waals surface area contributed by atoms with Crippen LogP contribution in [-0.2, 0) is 14.3 Å². The van der Waals surface area contributed by atoms with Crippen molar-refractivity contribution in [1.29, 1.82) is 0 Å². The fraction of sp³-hybridized carbons (Fsp3) is 0.304. The van der Waals surface area contributed by atoms with Crippen LogP contribution in [0.4, 0.5) is 5.69 Å². The van der Waals surface area contributed by atoms with E-state index >= 15 is 0 Å². The number of imide groups is 1. The molecule has 0 spiro atoms. The lowest BCUT2D eigenvalue weighted by atomic mass is 10.0. The lowest BCUT2D eigenvalue weighted by molar-refractivity contribution is -0.152. The molecule has 1 aliphatic heterocycles. The Kier molecular flexibility index (Phi) is 7.82. The van der Waals surface area contributed by atoms with E-state index in [9.17, 15) is 19.2 Å². The highest BCUT2D eigenvalue weighted by Crippen LogP contribution is 2.45. The summed E-state index contributed by atoms with van der Waals surface area (Å²) in [5, 5.41) is 1.84. The molecule has 3 rings (SSSR count). The predicted octanol–water partition coefficient (Wildman–Crippen LogP) is 5.72. The number of benzene rings is 2. The van der Waals surface area contributed by atoms with Crippen molar-refractivity contribution in [3.8, 4) is 0 Å². The van der Waals surface area contributed by atoms with Gasteiger partial charge in [0.25, 0.3) is 17.7 Å². The zero-order valence-corrected chi connectivity index (χ0v) is 21.6. The molecule has 1 unspecified atom stereocenters. The molecule has 34 heavy (non-hydrogen) atoms. The second-order valence-corrected chi connectivity index (χ2v) is 9.66. The number of ether oxygens (including phenoxy) is 1. The Hall–Kier alpha value is -2.32. The van der Waals surface area contributed by atoms with Crippen LogP contribution in [0.1, 0.15) is 45.7 Å². The molecular weight excluding hydrogens is 526 g/mol. The van der Waals surface area contributed by atoms with E-state index in [0.29, 0.717) is 10.6 Å². The van der Waals surface area contributed by atoms with Gasteiger partial charge in [0.05, 0.1) is 31.2 Å². The number of carbonyl (C=O) groups excluding carboxylic acids is 4. The zero-order chi connectivity index (χ0) is 25.5. The number of aryl methyl sites for hydroxylation is 2. The van der Waals surface area contributed by atoms with Crippen LogP contribution in [0.25, 0.3) is 0 Å². The van der Waals surface area contributed by atoms with Gasteiger partial charge in [0.1, 0.15) is 6.04 Å². The summed E-state index contributed by atoms with van der Waals surface area (Å²) in [6.07, 6.45) is 0. The number of amides is 3. The molecule has 0 bridgehead atoms. The zero-order valence-electron chi connectivity index (χ0n) is 18.6. The quantitative estimate of drug-likeness (QED) is 0.217. The summed E-state index contributed by atoms with van der Waals surface area (Å²) < 4.78 is 5.17. The van der Waals surface area contributed by atoms with Gasteiger partial charge in [-0.25, -0.2) is 4.79 Å². The third kappa shape index (κ3) is 4.75. The average Bonchev–Trinajstić information content (AvgIpc) is 3.02. The summed E-state index contributed by atoms with van der Waals surface area (Å²) >= 11 is 24.4. The van der Waals surface area contributed by atoms with Gasteiger partial charge < -0.3 is 10.1 Å². The van der Waals surface area contributed by atoms with E-state index < -0.39 is 42.3 Å². The number of hydrogen-bond donors (Lipinski definition) is 1. The van der Waals surface area contributed by atoms with E-state index in [0.717, 1.165) is 11.1 Å². The monoisotopic (exact) mass is 544 g/mol. The highest BCUT2D eigenvalue weighted by Gasteiger charge is 2.48. The lowest BCUT2D eigenvalue weighted by Gasteiger charge is -2.27. The molecule has 1 aliphatic rings. The van der Waals surface area contributed by atoms with Crippen molar-refractivity contribution in [3.05, 3.63) is 60.5 Å². The maximum absolute atomic E-state index is 13.1. The summed E-state index contributed by atoms with van der Waals surface area (Å²) in [5.74, 6) is -3.79. The first-order valence-corrected chi connectivity index (χ1v) is 11.7. The standard InChI is InChI=1S/C23H20Cl4N2O5/c1-9(2)20(23(33)34-8-13(30)28-12-7-10(3)5-6-11(12)4)29-21(31)14-15(22(29)32)17(25)19(27)18(26)16(14)24/h5-7,9,20H,8H2,1-4H3,(H,28,30). The molecule has 0 saturated heterocycles. The van der Waals surface area contributed by atoms with Crippen LogP contribution in [0, 0.1) is 19.8 Å². The topological polar surface area (TPSA) is 92.8 Å². The van der Waals surface area contributed by atoms with E-state index in [1.807, 2.05) is 26.0 Å². The van der Waals surface area contributed by atoms with Crippen LogP contribution in [-0.4, -0.2) is 41.2 Å². The molecule has 1 N–H and O–H groups in total. The van der Waals surface area contributed by atoms with Gasteiger partial charge in [-0.3, -0.25) is 19.3 Å². The second kappa shape index (κ2) is 10.1. The van der Waals surface area contributed by atoms with Crippen LogP contribution in [0.5, 0.6) is 0 Å². The maximum atomic E-state index is 13.1. The maximum Gasteiger partial charge on any atom is 0.330 e. The molecular formula is C23H20Cl4N2O5. The molecule has 0 radical (unpaired) electrons. The summed E-state index contributed by atoms with van der Waals surface area (Å²) in [5.41, 5.74) is 1.89. The van der Waals surface area contributed by atoms with Crippen molar-refractivity contribution in [1.82, 2.24) is 4.90 Å². The first-order chi connectivity index (χ1) is 15.9. The van der Waals surface area contributed by atoms with Crippen LogP contribution in [0.15, 0.2) is 18.2 Å². The molecule has 2 aromatic rings. The molecule has 0 aliphatic carbocycles. The molecule has 0 fully saturated rings. The Morgan fingerprint density at radius 3 is 1.97 bits per heavy atom. The van der Waals surface area contributed by atoms with Gasteiger partial charge in [-0.05, 0) is 37.0 Å². The smallest absolute Gasteiger partial charge is 0.330 e. The number of fused-ring (bicyclic) bond motifs is 1. The number of carbonyl (C=O) groups is 4. The van der Waals surface area contributed by atoms with Gasteiger partial charge in [0, 0.05) is 5.69 Å². The van der Waals surface area contributed by atoms with Gasteiger partial charge in [-0.2, -0.15) is 0 Å². The number of nitrogens with one attached hydrogen (secondary N) is 1. The fourth-order valence-electron chi connectivity index (χ4n) is 3.57. The van der Waals surface area contributed by atoms with Crippen molar-refractivity contribution in [2.45, 2.75) is 33.7 Å². The minimum atomic E-state index is -1.34. The SMILES string of the molecule is Cc1ccc(C)c(NC(=O)COC(=O)C(C(C)C)N2C(=O)c3c(Cl)c(Cl)c(Cl)c(Cl)c3C2=O)c1. The van der Waals surface area contributed by atoms with Crippen molar-refractivity contribution in [2.75, 3.05) is 11.9 Å². The third-order valence-corrected chi connectivity index (χ3v) is 7.10. The van der Waals surface area contributed by atoms with Crippen LogP contribution in [0.2, 0.25) is 20.1 Å². The van der Waals surface area contributed by atoms with E-state index in [4.69, 9.17) is 51.1 Å². The molecule has 0 aromatic heterocycles. The van der Waals surface area contributed by atoms with Crippen LogP contribution >= 0.6 is 46.4 Å². The number of hydrogen-bond acceptors (Lipinski definition) is 5. The van der Waals surface area contributed by atoms with Gasteiger partial charge in [0.15, 0.2) is 6.61 Å². The van der Waals surface area contributed by atoms with Crippen LogP contribution < -0.4 is 5.32 Å². The summed E-state index contributed by atoms with van der Waals surface area (Å²) in [6.45, 7) is 6.33. The summed E-state index contributed by atoms with van der Waals surface area (Å²) in [6, 6.07) is 4.20. The van der Waals surface area contributed by atoms with E-state index in [2.05, 4.69) is 5.32 Å². The van der Waals surface area contributed by atoms with E-state index in [1.165, 1.54) is 0 Å². The Bertz CT molecular complexity index is 1180. The number of halogens is 4. The number of nitrogens with zero attached hydrogens (tertiary/aromatic N) is 1. The largest absolute Gasteiger partial charge is 0.454 e. The Balaban J connectivity index is 1.81. The van der Waals surface area contributed by atoms with Gasteiger partial charge >= 0.3 is 5.97 Å². The number of anilines is 1. The molecule has 3 amide bonds. The Morgan fingerprint density at radius 2 is 1.47 bits per heavy atom. The Morgan fingerprint density at radius 1 is 0.941 bits per heavy atom. The minimum absolute atomic E-state index is 0.179. The number of esters is 1. The molecule has 0 saturated carbocycles. The first kappa shape index (κ1) is 26.3. The molecule has 1 atom stereocenters. The first-order valence-electron chi connectivity index (χ1n) is 10.1. The van der Waals surface area contributed by atoms with E-state index in [-0.39, 0.29) is 31.2 Å². The lowest BCUT2D eigenvalue weighted by Crippen LogP contribution is -2.49. The second-order valence-electron chi connectivity index (χ2n) is 8.15. The Labute approximate surface area is 216 Å². The highest BCUT2D eigenvalue weighted by atomic mass is 35.5. The minimum Gasteiger partial charge on any atom is -0.454 e. The molecule has 11 heteroatoms. The van der Waals surface area contributed by atoms with E-state index in [1.54, 1.807) is 19.9 Å². The molecule has 2 aromatic carbocycles. The number of rotatable bonds is 6. The van der Waals surface area contributed by atoms with Crippen molar-refractivity contribution < 1.29 is 23.9 Å². The fourth-order valence-corrected chi connectivity index (χ4v) is 4.59. The molecule has 180 valence electrons. The summed E-state index contributed by atoms with van der Waals surface area (Å²) in [7, 11) is 0. The van der Waals surface area contributed by atoms with Crippen LogP contribution in [0.3, 0.4) is 0 Å². The van der Waals surface area contributed by atoms with Gasteiger partial charge in [-0.1, -0.05) is 72.4 Å². The van der Waals surface area contributed by atoms with Crippen molar-refractivity contribution in [2.24, 2.45) is 5.92 Å². The van der Waals surface area contributed by atoms with Gasteiger partial charge in [-0.15, -0.1) is 0 Å². The highest BCUT2D eigenvalue weighted by molar-refractivity contribution is 6.55. The average molecular weight is 546 g/mol. The third-order valence-electron chi connectivity index (χ3n) is 5.30. The van der Waals surface area contributed by atoms with Gasteiger partial charge in [0.2, 0.25) is 0 Å². The molecule has 1 heterocycles. The predicted molar refractivity (Wildman–Crippen MR) is 131 cm³/mol. The summed E-state index contributed by atoms with van der Waals surface area (Å²) in [4.78, 5) is 52.2. The van der Waals surface area contributed by atoms with Crippen molar-refractivity contribution in [3.63, 3.8) is 0 Å².